The van der Waals surface area contributed by atoms with Crippen molar-refractivity contribution in [3.63, 3.8) is 0 Å². The zero-order valence-corrected chi connectivity index (χ0v) is 11.0. The molecule has 0 aliphatic rings. The number of aromatic nitrogens is 1. The molecule has 2 aromatic rings. The molecule has 0 amide bonds. The highest BCUT2D eigenvalue weighted by molar-refractivity contribution is 7.07. The first-order valence-corrected chi connectivity index (χ1v) is 6.52. The van der Waals surface area contributed by atoms with Crippen molar-refractivity contribution in [3.8, 4) is 5.75 Å². The van der Waals surface area contributed by atoms with E-state index in [0.29, 0.717) is 13.1 Å². The number of hydrogen-bond acceptors (Lipinski definition) is 4. The van der Waals surface area contributed by atoms with Gasteiger partial charge in [0.1, 0.15) is 5.75 Å². The average Bonchev–Trinajstić information content (AvgIpc) is 2.75. The van der Waals surface area contributed by atoms with E-state index in [9.17, 15) is 18.0 Å². The lowest BCUT2D eigenvalue weighted by Gasteiger charge is -2.09. The summed E-state index contributed by atoms with van der Waals surface area (Å²) in [5, 5.41) is 4.79. The molecule has 1 aromatic heterocycles. The number of H-pyrrole nitrogens is 1. The third-order valence-electron chi connectivity index (χ3n) is 2.37. The van der Waals surface area contributed by atoms with Gasteiger partial charge < -0.3 is 15.0 Å². The minimum atomic E-state index is -4.68. The largest absolute Gasteiger partial charge is 0.573 e. The maximum absolute atomic E-state index is 12.0. The molecule has 0 bridgehead atoms. The van der Waals surface area contributed by atoms with E-state index in [1.807, 2.05) is 0 Å². The lowest BCUT2D eigenvalue weighted by molar-refractivity contribution is -0.274. The third-order valence-corrected chi connectivity index (χ3v) is 3.09. The van der Waals surface area contributed by atoms with Crippen molar-refractivity contribution in [2.75, 3.05) is 0 Å². The van der Waals surface area contributed by atoms with E-state index >= 15 is 0 Å². The number of ether oxygens (including phenoxy) is 1. The summed E-state index contributed by atoms with van der Waals surface area (Å²) in [4.78, 5) is 13.4. The Labute approximate surface area is 116 Å². The minimum Gasteiger partial charge on any atom is -0.406 e. The fourth-order valence-corrected chi connectivity index (χ4v) is 2.13. The summed E-state index contributed by atoms with van der Waals surface area (Å²) in [7, 11) is 0. The zero-order chi connectivity index (χ0) is 14.6. The summed E-state index contributed by atoms with van der Waals surface area (Å²) < 4.78 is 39.7. The number of benzene rings is 1. The molecule has 0 saturated carbocycles. The van der Waals surface area contributed by atoms with Crippen LogP contribution in [0.3, 0.4) is 0 Å². The van der Waals surface area contributed by atoms with Gasteiger partial charge in [-0.3, -0.25) is 4.79 Å². The van der Waals surface area contributed by atoms with Crippen LogP contribution in [0.5, 0.6) is 5.75 Å². The van der Waals surface area contributed by atoms with Gasteiger partial charge in [0.15, 0.2) is 0 Å². The Kier molecular flexibility index (Phi) is 4.46. The van der Waals surface area contributed by atoms with Gasteiger partial charge in [-0.1, -0.05) is 23.5 Å². The molecule has 108 valence electrons. The zero-order valence-electron chi connectivity index (χ0n) is 10.2. The second-order valence-corrected chi connectivity index (χ2v) is 4.81. The Morgan fingerprint density at radius 1 is 1.20 bits per heavy atom. The molecular formula is C12H11F3N2O2S. The number of aromatic amines is 1. The molecule has 0 radical (unpaired) electrons. The van der Waals surface area contributed by atoms with Crippen molar-refractivity contribution in [2.45, 2.75) is 19.5 Å². The predicted octanol–water partition coefficient (Wildman–Crippen LogP) is 2.62. The van der Waals surface area contributed by atoms with Crippen LogP contribution >= 0.6 is 11.3 Å². The first-order valence-electron chi connectivity index (χ1n) is 5.64. The Bertz CT molecular complexity index is 604. The van der Waals surface area contributed by atoms with Crippen molar-refractivity contribution in [1.29, 1.82) is 0 Å². The van der Waals surface area contributed by atoms with Gasteiger partial charge in [-0.05, 0) is 17.7 Å². The molecular weight excluding hydrogens is 293 g/mol. The van der Waals surface area contributed by atoms with Gasteiger partial charge in [0.25, 0.3) is 0 Å². The van der Waals surface area contributed by atoms with E-state index in [1.54, 1.807) is 17.5 Å². The van der Waals surface area contributed by atoms with Crippen molar-refractivity contribution in [1.82, 2.24) is 10.3 Å². The quantitative estimate of drug-likeness (QED) is 0.893. The fourth-order valence-electron chi connectivity index (χ4n) is 1.55. The van der Waals surface area contributed by atoms with Gasteiger partial charge in [0.05, 0.1) is 0 Å². The maximum atomic E-state index is 12.0. The first kappa shape index (κ1) is 14.6. The Morgan fingerprint density at radius 2 is 1.90 bits per heavy atom. The molecule has 0 aliphatic heterocycles. The lowest BCUT2D eigenvalue weighted by atomic mass is 10.2. The normalized spacial score (nSPS) is 11.6. The van der Waals surface area contributed by atoms with Gasteiger partial charge in [0, 0.05) is 24.2 Å². The number of halogens is 3. The highest BCUT2D eigenvalue weighted by Gasteiger charge is 2.30. The smallest absolute Gasteiger partial charge is 0.406 e. The molecule has 4 nitrogen and oxygen atoms in total. The summed E-state index contributed by atoms with van der Waals surface area (Å²) in [6, 6.07) is 5.61. The molecule has 0 fully saturated rings. The van der Waals surface area contributed by atoms with Gasteiger partial charge in [0.2, 0.25) is 0 Å². The minimum absolute atomic E-state index is 0.115. The van der Waals surface area contributed by atoms with Crippen LogP contribution in [0, 0.1) is 0 Å². The topological polar surface area (TPSA) is 54.1 Å². The van der Waals surface area contributed by atoms with E-state index in [0.717, 1.165) is 22.6 Å². The second kappa shape index (κ2) is 6.10. The summed E-state index contributed by atoms with van der Waals surface area (Å²) in [6.45, 7) is 0.962. The number of alkyl halides is 3. The Morgan fingerprint density at radius 3 is 2.45 bits per heavy atom. The van der Waals surface area contributed by atoms with E-state index < -0.39 is 6.36 Å². The first-order chi connectivity index (χ1) is 9.42. The van der Waals surface area contributed by atoms with Crippen molar-refractivity contribution < 1.29 is 17.9 Å². The Hall–Kier alpha value is -1.80. The number of nitrogens with one attached hydrogen (secondary N) is 2. The summed E-state index contributed by atoms with van der Waals surface area (Å²) in [6.07, 6.45) is -4.68. The number of rotatable bonds is 5. The SMILES string of the molecule is O=c1[nH]c(CNCc2ccc(OC(F)(F)F)cc2)cs1. The fraction of sp³-hybridized carbons (Fsp3) is 0.250. The van der Waals surface area contributed by atoms with E-state index in [4.69, 9.17) is 0 Å². The Balaban J connectivity index is 1.83. The number of thiazole rings is 1. The summed E-state index contributed by atoms with van der Waals surface area (Å²) >= 11 is 1.08. The predicted molar refractivity (Wildman–Crippen MR) is 68.6 cm³/mol. The van der Waals surface area contributed by atoms with Crippen LogP contribution in [-0.4, -0.2) is 11.3 Å². The van der Waals surface area contributed by atoms with Crippen molar-refractivity contribution >= 4 is 11.3 Å². The second-order valence-electron chi connectivity index (χ2n) is 3.97. The molecule has 0 aliphatic carbocycles. The van der Waals surface area contributed by atoms with Crippen LogP contribution < -0.4 is 14.9 Å². The van der Waals surface area contributed by atoms with E-state index in [2.05, 4.69) is 15.0 Å². The van der Waals surface area contributed by atoms with Crippen LogP contribution in [0.4, 0.5) is 13.2 Å². The van der Waals surface area contributed by atoms with E-state index in [-0.39, 0.29) is 10.6 Å². The number of hydrogen-bond donors (Lipinski definition) is 2. The molecule has 2 N–H and O–H groups in total. The molecule has 0 atom stereocenters. The van der Waals surface area contributed by atoms with Crippen LogP contribution in [0.15, 0.2) is 34.4 Å². The highest BCUT2D eigenvalue weighted by atomic mass is 32.1. The van der Waals surface area contributed by atoms with Crippen LogP contribution in [0.2, 0.25) is 0 Å². The molecule has 8 heteroatoms. The van der Waals surface area contributed by atoms with E-state index in [1.165, 1.54) is 12.1 Å². The van der Waals surface area contributed by atoms with Gasteiger partial charge >= 0.3 is 11.2 Å². The maximum Gasteiger partial charge on any atom is 0.573 e. The standard InChI is InChI=1S/C12H11F3N2O2S/c13-12(14,15)19-10-3-1-8(2-4-10)5-16-6-9-7-20-11(18)17-9/h1-4,7,16H,5-6H2,(H,17,18). The van der Waals surface area contributed by atoms with Crippen LogP contribution in [0.25, 0.3) is 0 Å². The molecule has 1 aromatic carbocycles. The molecule has 0 saturated heterocycles. The summed E-state index contributed by atoms with van der Waals surface area (Å²) in [5.41, 5.74) is 1.59. The van der Waals surface area contributed by atoms with Crippen molar-refractivity contribution in [2.24, 2.45) is 0 Å². The third kappa shape index (κ3) is 4.71. The van der Waals surface area contributed by atoms with Crippen LogP contribution in [0.1, 0.15) is 11.3 Å². The van der Waals surface area contributed by atoms with Crippen LogP contribution in [-0.2, 0) is 13.1 Å². The molecule has 0 spiro atoms. The van der Waals surface area contributed by atoms with Gasteiger partial charge in [-0.2, -0.15) is 0 Å². The lowest BCUT2D eigenvalue weighted by Crippen LogP contribution is -2.17. The van der Waals surface area contributed by atoms with Crippen molar-refractivity contribution in [3.05, 3.63) is 50.6 Å². The highest BCUT2D eigenvalue weighted by Crippen LogP contribution is 2.22. The monoisotopic (exact) mass is 304 g/mol. The molecule has 2 rings (SSSR count). The van der Waals surface area contributed by atoms with Gasteiger partial charge in [-0.25, -0.2) is 0 Å². The average molecular weight is 304 g/mol. The molecule has 1 heterocycles. The molecule has 0 unspecified atom stereocenters. The molecule has 20 heavy (non-hydrogen) atoms. The van der Waals surface area contributed by atoms with Gasteiger partial charge in [-0.15, -0.1) is 13.2 Å². The summed E-state index contributed by atoms with van der Waals surface area (Å²) in [5.74, 6) is -0.247.